The molecule has 0 bridgehead atoms. The van der Waals surface area contributed by atoms with Gasteiger partial charge in [0.1, 0.15) is 11.5 Å². The minimum atomic E-state index is -3.56. The Kier molecular flexibility index (Phi) is 6.29. The minimum absolute atomic E-state index is 0.223. The van der Waals surface area contributed by atoms with Gasteiger partial charge in [0.2, 0.25) is 10.0 Å². The minimum Gasteiger partial charge on any atom is -0.497 e. The first kappa shape index (κ1) is 20.9. The molecule has 2 aromatic rings. The number of rotatable bonds is 8. The van der Waals surface area contributed by atoms with Crippen LogP contribution >= 0.6 is 0 Å². The molecule has 1 fully saturated rings. The van der Waals surface area contributed by atoms with E-state index in [1.807, 2.05) is 48.5 Å². The monoisotopic (exact) mass is 419 g/mol. The molecule has 1 aliphatic heterocycles. The quantitative estimate of drug-likeness (QED) is 0.709. The number of hydrazine groups is 1. The molecule has 156 valence electrons. The van der Waals surface area contributed by atoms with Gasteiger partial charge in [-0.05, 0) is 41.8 Å². The van der Waals surface area contributed by atoms with Crippen LogP contribution in [-0.4, -0.2) is 57.9 Å². The molecular weight excluding hydrogens is 394 g/mol. The Balaban J connectivity index is 1.80. The van der Waals surface area contributed by atoms with E-state index in [0.717, 1.165) is 28.1 Å². The van der Waals surface area contributed by atoms with Gasteiger partial charge in [0.25, 0.3) is 0 Å². The predicted octanol–water partition coefficient (Wildman–Crippen LogP) is 2.19. The van der Waals surface area contributed by atoms with Crippen molar-refractivity contribution < 1.29 is 22.7 Å². The van der Waals surface area contributed by atoms with Gasteiger partial charge >= 0.3 is 6.03 Å². The van der Waals surface area contributed by atoms with Crippen LogP contribution in [0.25, 0.3) is 0 Å². The lowest BCUT2D eigenvalue weighted by molar-refractivity contribution is 0.182. The van der Waals surface area contributed by atoms with Crippen molar-refractivity contribution in [1.82, 2.24) is 14.7 Å². The summed E-state index contributed by atoms with van der Waals surface area (Å²) in [5.74, 6) is 1.49. The van der Waals surface area contributed by atoms with Gasteiger partial charge in [-0.15, -0.1) is 4.83 Å². The molecule has 1 atom stereocenters. The zero-order chi connectivity index (χ0) is 21.0. The summed E-state index contributed by atoms with van der Waals surface area (Å²) in [5, 5.41) is 1.15. The molecule has 1 saturated heterocycles. The third-order valence-electron chi connectivity index (χ3n) is 4.79. The van der Waals surface area contributed by atoms with Gasteiger partial charge in [0, 0.05) is 6.54 Å². The second kappa shape index (κ2) is 8.71. The largest absolute Gasteiger partial charge is 0.497 e. The zero-order valence-electron chi connectivity index (χ0n) is 16.7. The van der Waals surface area contributed by atoms with Crippen LogP contribution in [0.4, 0.5) is 4.79 Å². The number of amides is 2. The summed E-state index contributed by atoms with van der Waals surface area (Å²) in [4.78, 5) is 16.9. The first-order valence-corrected chi connectivity index (χ1v) is 11.0. The van der Waals surface area contributed by atoms with Crippen LogP contribution in [0.2, 0.25) is 0 Å². The number of ether oxygens (including phenoxy) is 2. The Morgan fingerprint density at radius 1 is 1.00 bits per heavy atom. The molecule has 0 radical (unpaired) electrons. The van der Waals surface area contributed by atoms with Gasteiger partial charge in [-0.1, -0.05) is 24.3 Å². The van der Waals surface area contributed by atoms with Crippen molar-refractivity contribution in [2.24, 2.45) is 0 Å². The van der Waals surface area contributed by atoms with Crippen molar-refractivity contribution in [2.75, 3.05) is 33.6 Å². The van der Waals surface area contributed by atoms with Gasteiger partial charge < -0.3 is 14.4 Å². The van der Waals surface area contributed by atoms with Crippen molar-refractivity contribution in [3.8, 4) is 11.5 Å². The first-order valence-electron chi connectivity index (χ1n) is 9.13. The molecule has 2 aromatic carbocycles. The van der Waals surface area contributed by atoms with E-state index in [4.69, 9.17) is 9.47 Å². The smallest absolute Gasteiger partial charge is 0.335 e. The Morgan fingerprint density at radius 2 is 1.55 bits per heavy atom. The molecule has 0 spiro atoms. The number of benzene rings is 2. The van der Waals surface area contributed by atoms with Crippen LogP contribution in [0.5, 0.6) is 11.5 Å². The van der Waals surface area contributed by atoms with Crippen molar-refractivity contribution in [2.45, 2.75) is 12.5 Å². The molecule has 1 N–H and O–H groups in total. The number of hydrogen-bond acceptors (Lipinski definition) is 5. The molecule has 29 heavy (non-hydrogen) atoms. The zero-order valence-corrected chi connectivity index (χ0v) is 17.5. The molecule has 3 rings (SSSR count). The lowest BCUT2D eigenvalue weighted by atomic mass is 10.1. The van der Waals surface area contributed by atoms with Crippen LogP contribution in [0.15, 0.2) is 48.5 Å². The maximum Gasteiger partial charge on any atom is 0.335 e. The molecule has 1 heterocycles. The molecule has 0 aliphatic carbocycles. The van der Waals surface area contributed by atoms with E-state index >= 15 is 0 Å². The highest BCUT2D eigenvalue weighted by atomic mass is 32.2. The number of sulfonamides is 1. The third-order valence-corrected chi connectivity index (χ3v) is 5.34. The lowest BCUT2D eigenvalue weighted by Gasteiger charge is -2.23. The summed E-state index contributed by atoms with van der Waals surface area (Å²) < 4.78 is 33.7. The SMILES string of the molecule is COc1ccc(CCN2C(=O)N(NS(C)(=O)=O)CC2c2ccc(OC)cc2)cc1. The van der Waals surface area contributed by atoms with E-state index in [-0.39, 0.29) is 18.6 Å². The van der Waals surface area contributed by atoms with Gasteiger partial charge in [-0.2, -0.15) is 0 Å². The number of carbonyl (C=O) groups excluding carboxylic acids is 1. The van der Waals surface area contributed by atoms with Crippen molar-refractivity contribution in [3.05, 3.63) is 59.7 Å². The molecule has 8 nitrogen and oxygen atoms in total. The highest BCUT2D eigenvalue weighted by Gasteiger charge is 2.39. The summed E-state index contributed by atoms with van der Waals surface area (Å²) in [5.41, 5.74) is 1.97. The second-order valence-electron chi connectivity index (χ2n) is 6.84. The molecular formula is C20H25N3O5S. The molecule has 2 amide bonds. The first-order chi connectivity index (χ1) is 13.8. The van der Waals surface area contributed by atoms with E-state index in [1.54, 1.807) is 19.1 Å². The predicted molar refractivity (Wildman–Crippen MR) is 109 cm³/mol. The van der Waals surface area contributed by atoms with Crippen LogP contribution in [0.3, 0.4) is 0 Å². The summed E-state index contributed by atoms with van der Waals surface area (Å²) in [6.45, 7) is 0.671. The highest BCUT2D eigenvalue weighted by Crippen LogP contribution is 2.30. The molecule has 9 heteroatoms. The fourth-order valence-electron chi connectivity index (χ4n) is 3.32. The molecule has 1 unspecified atom stereocenters. The summed E-state index contributed by atoms with van der Waals surface area (Å²) in [6.07, 6.45) is 1.66. The number of urea groups is 1. The highest BCUT2D eigenvalue weighted by molar-refractivity contribution is 7.88. The molecule has 0 aromatic heterocycles. The van der Waals surface area contributed by atoms with E-state index in [0.29, 0.717) is 18.7 Å². The lowest BCUT2D eigenvalue weighted by Crippen LogP contribution is -2.44. The Labute approximate surface area is 171 Å². The van der Waals surface area contributed by atoms with Crippen LogP contribution in [0, 0.1) is 0 Å². The molecule has 1 aliphatic rings. The normalized spacial score (nSPS) is 16.9. The van der Waals surface area contributed by atoms with E-state index in [1.165, 1.54) is 0 Å². The number of nitrogens with one attached hydrogen (secondary N) is 1. The number of methoxy groups -OCH3 is 2. The summed E-state index contributed by atoms with van der Waals surface area (Å²) in [6, 6.07) is 14.4. The Hall–Kier alpha value is -2.78. The van der Waals surface area contributed by atoms with Gasteiger partial charge in [0.05, 0.1) is 33.1 Å². The van der Waals surface area contributed by atoms with Gasteiger partial charge in [-0.3, -0.25) is 0 Å². The van der Waals surface area contributed by atoms with E-state index in [2.05, 4.69) is 4.83 Å². The standard InChI is InChI=1S/C20H25N3O5S/c1-27-17-8-4-15(5-9-17)12-13-22-19(16-6-10-18(28-2)11-7-16)14-23(20(22)24)21-29(3,25)26/h4-11,19,21H,12-14H2,1-3H3. The van der Waals surface area contributed by atoms with Gasteiger partial charge in [-0.25, -0.2) is 18.2 Å². The van der Waals surface area contributed by atoms with Crippen LogP contribution in [-0.2, 0) is 16.4 Å². The fraction of sp³-hybridized carbons (Fsp3) is 0.350. The Bertz CT molecular complexity index is 945. The number of carbonyl (C=O) groups is 1. The van der Waals surface area contributed by atoms with E-state index < -0.39 is 10.0 Å². The average molecular weight is 420 g/mol. The second-order valence-corrected chi connectivity index (χ2v) is 8.56. The maximum atomic E-state index is 12.9. The van der Waals surface area contributed by atoms with Crippen molar-refractivity contribution in [3.63, 3.8) is 0 Å². The number of nitrogens with zero attached hydrogens (tertiary/aromatic N) is 2. The molecule has 0 saturated carbocycles. The van der Waals surface area contributed by atoms with E-state index in [9.17, 15) is 13.2 Å². The Morgan fingerprint density at radius 3 is 2.07 bits per heavy atom. The van der Waals surface area contributed by atoms with Crippen molar-refractivity contribution >= 4 is 16.1 Å². The summed E-state index contributed by atoms with van der Waals surface area (Å²) in [7, 11) is -0.358. The van der Waals surface area contributed by atoms with Gasteiger partial charge in [0.15, 0.2) is 0 Å². The van der Waals surface area contributed by atoms with Crippen molar-refractivity contribution in [1.29, 1.82) is 0 Å². The summed E-state index contributed by atoms with van der Waals surface area (Å²) >= 11 is 0. The van der Waals surface area contributed by atoms with Crippen LogP contribution in [0.1, 0.15) is 17.2 Å². The topological polar surface area (TPSA) is 88.2 Å². The third kappa shape index (κ3) is 5.18. The van der Waals surface area contributed by atoms with Crippen LogP contribution < -0.4 is 14.3 Å². The maximum absolute atomic E-state index is 12.9. The number of hydrogen-bond donors (Lipinski definition) is 1. The average Bonchev–Trinajstić information content (AvgIpc) is 3.00. The fourth-order valence-corrected chi connectivity index (χ4v) is 3.87.